The minimum atomic E-state index is -0.328. The van der Waals surface area contributed by atoms with Crippen molar-refractivity contribution < 1.29 is 9.47 Å². The number of nitrogens with zero attached hydrogens (tertiary/aromatic N) is 1. The highest BCUT2D eigenvalue weighted by molar-refractivity contribution is 9.10. The van der Waals surface area contributed by atoms with E-state index in [1.54, 1.807) is 20.3 Å². The Morgan fingerprint density at radius 2 is 2.12 bits per heavy atom. The van der Waals surface area contributed by atoms with Gasteiger partial charge < -0.3 is 14.8 Å². The van der Waals surface area contributed by atoms with Gasteiger partial charge in [0.1, 0.15) is 6.07 Å². The van der Waals surface area contributed by atoms with E-state index in [2.05, 4.69) is 27.3 Å². The van der Waals surface area contributed by atoms with Gasteiger partial charge in [0.25, 0.3) is 0 Å². The number of ether oxygens (including phenoxy) is 2. The van der Waals surface area contributed by atoms with Crippen molar-refractivity contribution in [3.8, 4) is 6.07 Å². The van der Waals surface area contributed by atoms with Gasteiger partial charge in [0, 0.05) is 18.7 Å². The molecule has 86 valence electrons. The predicted octanol–water partition coefficient (Wildman–Crippen LogP) is 2.35. The van der Waals surface area contributed by atoms with Gasteiger partial charge in [-0.15, -0.1) is 0 Å². The highest BCUT2D eigenvalue weighted by atomic mass is 79.9. The smallest absolute Gasteiger partial charge is 0.173 e. The lowest BCUT2D eigenvalue weighted by molar-refractivity contribution is -0.0914. The van der Waals surface area contributed by atoms with E-state index in [0.717, 1.165) is 10.2 Å². The van der Waals surface area contributed by atoms with Gasteiger partial charge in [0.05, 0.1) is 17.8 Å². The summed E-state index contributed by atoms with van der Waals surface area (Å²) in [6, 6.07) is 7.54. The topological polar surface area (TPSA) is 54.3 Å². The Kier molecular flexibility index (Phi) is 5.26. The number of hydrogen-bond acceptors (Lipinski definition) is 4. The van der Waals surface area contributed by atoms with Crippen LogP contribution in [0.2, 0.25) is 0 Å². The molecule has 0 fully saturated rings. The molecule has 4 nitrogen and oxygen atoms in total. The monoisotopic (exact) mass is 284 g/mol. The molecule has 0 spiro atoms. The van der Waals surface area contributed by atoms with Crippen LogP contribution in [-0.2, 0) is 9.47 Å². The number of benzene rings is 1. The van der Waals surface area contributed by atoms with Crippen LogP contribution in [-0.4, -0.2) is 27.1 Å². The van der Waals surface area contributed by atoms with Crippen molar-refractivity contribution in [1.29, 1.82) is 5.26 Å². The molecule has 1 rings (SSSR count). The second kappa shape index (κ2) is 6.48. The Labute approximate surface area is 103 Å². The zero-order chi connectivity index (χ0) is 12.0. The van der Waals surface area contributed by atoms with Crippen LogP contribution < -0.4 is 5.32 Å². The largest absolute Gasteiger partial charge is 0.379 e. The summed E-state index contributed by atoms with van der Waals surface area (Å²) in [5.41, 5.74) is 1.35. The van der Waals surface area contributed by atoms with Crippen LogP contribution in [0.5, 0.6) is 0 Å². The molecular weight excluding hydrogens is 272 g/mol. The zero-order valence-electron chi connectivity index (χ0n) is 9.16. The van der Waals surface area contributed by atoms with E-state index in [4.69, 9.17) is 14.7 Å². The number of anilines is 1. The van der Waals surface area contributed by atoms with Crippen molar-refractivity contribution in [3.05, 3.63) is 28.2 Å². The molecule has 0 unspecified atom stereocenters. The van der Waals surface area contributed by atoms with E-state index in [-0.39, 0.29) is 6.29 Å². The molecule has 0 aromatic heterocycles. The van der Waals surface area contributed by atoms with Gasteiger partial charge >= 0.3 is 0 Å². The summed E-state index contributed by atoms with van der Waals surface area (Å²) >= 11 is 3.35. The van der Waals surface area contributed by atoms with Crippen LogP contribution in [0.15, 0.2) is 22.7 Å². The van der Waals surface area contributed by atoms with E-state index < -0.39 is 0 Å². The summed E-state index contributed by atoms with van der Waals surface area (Å²) in [7, 11) is 3.14. The van der Waals surface area contributed by atoms with Crippen LogP contribution in [0.1, 0.15) is 5.56 Å². The third-order valence-electron chi connectivity index (χ3n) is 2.09. The maximum absolute atomic E-state index is 8.92. The number of nitrogens with one attached hydrogen (secondary N) is 1. The van der Waals surface area contributed by atoms with Crippen LogP contribution in [0, 0.1) is 11.3 Å². The Balaban J connectivity index is 2.73. The number of methoxy groups -OCH3 is 2. The average Bonchev–Trinajstić information content (AvgIpc) is 2.30. The van der Waals surface area contributed by atoms with Crippen LogP contribution in [0.25, 0.3) is 0 Å². The lowest BCUT2D eigenvalue weighted by Gasteiger charge is -2.15. The number of nitriles is 1. The standard InChI is InChI=1S/C11H13BrN2O2/c1-15-11(16-2)7-14-10-5-9(12)4-3-8(10)6-13/h3-5,11,14H,7H2,1-2H3. The van der Waals surface area contributed by atoms with Crippen molar-refractivity contribution in [2.75, 3.05) is 26.1 Å². The van der Waals surface area contributed by atoms with Crippen molar-refractivity contribution in [2.24, 2.45) is 0 Å². The molecule has 5 heteroatoms. The highest BCUT2D eigenvalue weighted by Crippen LogP contribution is 2.20. The Morgan fingerprint density at radius 3 is 2.69 bits per heavy atom. The number of hydrogen-bond donors (Lipinski definition) is 1. The first kappa shape index (κ1) is 13.0. The first-order chi connectivity index (χ1) is 7.71. The average molecular weight is 285 g/mol. The van der Waals surface area contributed by atoms with Gasteiger partial charge in [-0.2, -0.15) is 5.26 Å². The van der Waals surface area contributed by atoms with E-state index in [1.807, 2.05) is 12.1 Å². The quantitative estimate of drug-likeness (QED) is 0.844. The summed E-state index contributed by atoms with van der Waals surface area (Å²) in [6.07, 6.45) is -0.328. The van der Waals surface area contributed by atoms with Gasteiger partial charge in [-0.1, -0.05) is 15.9 Å². The molecule has 0 saturated carbocycles. The van der Waals surface area contributed by atoms with E-state index in [0.29, 0.717) is 12.1 Å². The molecule has 0 atom stereocenters. The van der Waals surface area contributed by atoms with Crippen molar-refractivity contribution >= 4 is 21.6 Å². The molecule has 1 N–H and O–H groups in total. The molecule has 0 aliphatic carbocycles. The molecular formula is C11H13BrN2O2. The fourth-order valence-electron chi connectivity index (χ4n) is 1.22. The zero-order valence-corrected chi connectivity index (χ0v) is 10.7. The normalized spacial score (nSPS) is 10.2. The first-order valence-corrected chi connectivity index (χ1v) is 5.49. The van der Waals surface area contributed by atoms with Gasteiger partial charge in [-0.25, -0.2) is 0 Å². The lowest BCUT2D eigenvalue weighted by atomic mass is 10.2. The number of halogens is 1. The maximum Gasteiger partial charge on any atom is 0.173 e. The predicted molar refractivity (Wildman–Crippen MR) is 65.2 cm³/mol. The van der Waals surface area contributed by atoms with E-state index in [9.17, 15) is 0 Å². The van der Waals surface area contributed by atoms with Crippen LogP contribution in [0.4, 0.5) is 5.69 Å². The van der Waals surface area contributed by atoms with E-state index >= 15 is 0 Å². The highest BCUT2D eigenvalue weighted by Gasteiger charge is 2.07. The fraction of sp³-hybridized carbons (Fsp3) is 0.364. The maximum atomic E-state index is 8.92. The third-order valence-corrected chi connectivity index (χ3v) is 2.58. The molecule has 0 aliphatic rings. The summed E-state index contributed by atoms with van der Waals surface area (Å²) in [4.78, 5) is 0. The molecule has 0 bridgehead atoms. The molecule has 16 heavy (non-hydrogen) atoms. The first-order valence-electron chi connectivity index (χ1n) is 4.70. The third kappa shape index (κ3) is 3.49. The second-order valence-electron chi connectivity index (χ2n) is 3.08. The molecule has 0 saturated heterocycles. The van der Waals surface area contributed by atoms with Crippen LogP contribution in [0.3, 0.4) is 0 Å². The molecule has 1 aromatic carbocycles. The second-order valence-corrected chi connectivity index (χ2v) is 4.00. The molecule has 0 radical (unpaired) electrons. The van der Waals surface area contributed by atoms with Crippen molar-refractivity contribution in [1.82, 2.24) is 0 Å². The van der Waals surface area contributed by atoms with Gasteiger partial charge in [0.15, 0.2) is 6.29 Å². The SMILES string of the molecule is COC(CNc1cc(Br)ccc1C#N)OC. The number of rotatable bonds is 5. The molecule has 0 heterocycles. The lowest BCUT2D eigenvalue weighted by Crippen LogP contribution is -2.23. The van der Waals surface area contributed by atoms with E-state index in [1.165, 1.54) is 0 Å². The minimum Gasteiger partial charge on any atom is -0.379 e. The molecule has 0 aliphatic heterocycles. The Morgan fingerprint density at radius 1 is 1.44 bits per heavy atom. The van der Waals surface area contributed by atoms with Gasteiger partial charge in [-0.05, 0) is 18.2 Å². The Bertz CT molecular complexity index is 386. The summed E-state index contributed by atoms with van der Waals surface area (Å²) in [5, 5.41) is 12.0. The fourth-order valence-corrected chi connectivity index (χ4v) is 1.58. The van der Waals surface area contributed by atoms with Crippen LogP contribution >= 0.6 is 15.9 Å². The van der Waals surface area contributed by atoms with Crippen molar-refractivity contribution in [3.63, 3.8) is 0 Å². The van der Waals surface area contributed by atoms with Crippen molar-refractivity contribution in [2.45, 2.75) is 6.29 Å². The molecule has 0 amide bonds. The summed E-state index contributed by atoms with van der Waals surface area (Å²) < 4.78 is 11.0. The van der Waals surface area contributed by atoms with Gasteiger partial charge in [0.2, 0.25) is 0 Å². The summed E-state index contributed by atoms with van der Waals surface area (Å²) in [6.45, 7) is 0.484. The summed E-state index contributed by atoms with van der Waals surface area (Å²) in [5.74, 6) is 0. The minimum absolute atomic E-state index is 0.328. The van der Waals surface area contributed by atoms with Gasteiger partial charge in [-0.3, -0.25) is 0 Å². The molecule has 1 aromatic rings. The Hall–Kier alpha value is -1.09.